The number of likely N-dealkylation sites (tertiary alicyclic amines) is 1. The van der Waals surface area contributed by atoms with Crippen LogP contribution in [0.2, 0.25) is 5.02 Å². The molecule has 0 bridgehead atoms. The molecule has 2 aliphatic heterocycles. The maximum Gasteiger partial charge on any atom is 0.326 e. The van der Waals surface area contributed by atoms with Gasteiger partial charge in [-0.15, -0.1) is 0 Å². The second kappa shape index (κ2) is 7.45. The van der Waals surface area contributed by atoms with Crippen molar-refractivity contribution >= 4 is 34.9 Å². The van der Waals surface area contributed by atoms with Crippen LogP contribution in [0.15, 0.2) is 48.5 Å². The van der Waals surface area contributed by atoms with Crippen molar-refractivity contribution in [2.75, 3.05) is 23.4 Å². The predicted molar refractivity (Wildman–Crippen MR) is 109 cm³/mol. The van der Waals surface area contributed by atoms with Crippen LogP contribution in [0.1, 0.15) is 24.8 Å². The number of carbonyl (C=O) groups excluding carboxylic acids is 2. The molecule has 1 saturated heterocycles. The highest BCUT2D eigenvalue weighted by atomic mass is 35.5. The lowest BCUT2D eigenvalue weighted by Gasteiger charge is -2.58. The largest absolute Gasteiger partial charge is 0.394 e. The van der Waals surface area contributed by atoms with Crippen molar-refractivity contribution in [3.63, 3.8) is 0 Å². The molecule has 2 N–H and O–H groups in total. The summed E-state index contributed by atoms with van der Waals surface area (Å²) in [5.74, 6) is 0.0294. The molecule has 7 heteroatoms. The summed E-state index contributed by atoms with van der Waals surface area (Å²) in [6, 6.07) is 14.0. The molecule has 3 amide bonds. The summed E-state index contributed by atoms with van der Waals surface area (Å²) in [5.41, 5.74) is 2.41. The smallest absolute Gasteiger partial charge is 0.326 e. The van der Waals surface area contributed by atoms with E-state index in [4.69, 9.17) is 11.6 Å². The van der Waals surface area contributed by atoms with Gasteiger partial charge in [0.05, 0.1) is 18.7 Å². The summed E-state index contributed by atoms with van der Waals surface area (Å²) in [4.78, 5) is 28.9. The van der Waals surface area contributed by atoms with Gasteiger partial charge in [0.15, 0.2) is 0 Å². The van der Waals surface area contributed by atoms with Crippen LogP contribution < -0.4 is 10.2 Å². The third kappa shape index (κ3) is 3.02. The molecule has 0 aliphatic carbocycles. The maximum absolute atomic E-state index is 13.0. The molecule has 4 rings (SSSR count). The molecule has 2 aromatic carbocycles. The second-order valence-electron chi connectivity index (χ2n) is 7.11. The molecular weight excluding hydrogens is 378 g/mol. The molecule has 0 aromatic heterocycles. The Morgan fingerprint density at radius 2 is 2.00 bits per heavy atom. The first-order chi connectivity index (χ1) is 13.5. The minimum absolute atomic E-state index is 0.00474. The lowest BCUT2D eigenvalue weighted by Crippen LogP contribution is -2.70. The number of carbonyl (C=O) groups is 2. The van der Waals surface area contributed by atoms with Gasteiger partial charge in [0.2, 0.25) is 5.91 Å². The van der Waals surface area contributed by atoms with Crippen LogP contribution in [-0.2, 0) is 4.79 Å². The van der Waals surface area contributed by atoms with Crippen molar-refractivity contribution in [2.24, 2.45) is 0 Å². The van der Waals surface area contributed by atoms with E-state index in [1.807, 2.05) is 31.2 Å². The Balaban J connectivity index is 1.66. The first-order valence-corrected chi connectivity index (χ1v) is 9.78. The van der Waals surface area contributed by atoms with Crippen LogP contribution >= 0.6 is 11.6 Å². The highest BCUT2D eigenvalue weighted by molar-refractivity contribution is 6.30. The number of para-hydroxylation sites is 1. The minimum atomic E-state index is -0.274. The Morgan fingerprint density at radius 1 is 1.21 bits per heavy atom. The fourth-order valence-electron chi connectivity index (χ4n) is 4.37. The molecule has 0 saturated carbocycles. The second-order valence-corrected chi connectivity index (χ2v) is 7.54. The van der Waals surface area contributed by atoms with Gasteiger partial charge in [-0.1, -0.05) is 42.8 Å². The number of aliphatic hydroxyl groups is 1. The normalized spacial score (nSPS) is 22.8. The molecule has 28 heavy (non-hydrogen) atoms. The van der Waals surface area contributed by atoms with E-state index in [2.05, 4.69) is 5.32 Å². The number of amides is 3. The zero-order valence-electron chi connectivity index (χ0n) is 15.5. The zero-order valence-corrected chi connectivity index (χ0v) is 16.3. The molecule has 2 aliphatic rings. The van der Waals surface area contributed by atoms with Gasteiger partial charge in [-0.2, -0.15) is 0 Å². The monoisotopic (exact) mass is 399 g/mol. The first-order valence-electron chi connectivity index (χ1n) is 9.40. The van der Waals surface area contributed by atoms with E-state index in [9.17, 15) is 14.7 Å². The van der Waals surface area contributed by atoms with E-state index in [0.29, 0.717) is 23.7 Å². The van der Waals surface area contributed by atoms with E-state index in [-0.39, 0.29) is 36.5 Å². The summed E-state index contributed by atoms with van der Waals surface area (Å²) in [6.45, 7) is 2.11. The van der Waals surface area contributed by atoms with Gasteiger partial charge in [0.1, 0.15) is 0 Å². The summed E-state index contributed by atoms with van der Waals surface area (Å²) in [7, 11) is 0. The van der Waals surface area contributed by atoms with Gasteiger partial charge < -0.3 is 15.3 Å². The van der Waals surface area contributed by atoms with Crippen molar-refractivity contribution in [3.05, 3.63) is 59.1 Å². The molecular formula is C21H22ClN3O3. The summed E-state index contributed by atoms with van der Waals surface area (Å²) < 4.78 is 0. The van der Waals surface area contributed by atoms with Crippen molar-refractivity contribution in [1.29, 1.82) is 0 Å². The van der Waals surface area contributed by atoms with Gasteiger partial charge in [-0.3, -0.25) is 9.69 Å². The van der Waals surface area contributed by atoms with Gasteiger partial charge in [0, 0.05) is 35.3 Å². The van der Waals surface area contributed by atoms with Crippen LogP contribution in [0, 0.1) is 0 Å². The van der Waals surface area contributed by atoms with Crippen LogP contribution in [0.3, 0.4) is 0 Å². The standard InChI is InChI=1S/C21H22ClN3O3/c1-2-19(27)25-17-11-24(21(28)23-14-7-5-6-13(22)10-14)16-9-4-3-8-15(16)20(17)18(25)12-26/h3-10,17-18,20,26H,2,11-12H2,1H3,(H,23,28)/t17-,18+,20+/m0/s1. The average Bonchev–Trinajstić information content (AvgIpc) is 2.68. The van der Waals surface area contributed by atoms with E-state index in [0.717, 1.165) is 11.3 Å². The SMILES string of the molecule is CCC(=O)N1[C@H](CO)[C@@H]2c3ccccc3N(C(=O)Nc3cccc(Cl)c3)C[C@@H]21. The molecule has 0 radical (unpaired) electrons. The number of aliphatic hydroxyl groups excluding tert-OH is 1. The predicted octanol–water partition coefficient (Wildman–Crippen LogP) is 3.46. The number of nitrogens with zero attached hydrogens (tertiary/aromatic N) is 2. The Labute approximate surface area is 168 Å². The molecule has 2 aromatic rings. The van der Waals surface area contributed by atoms with E-state index >= 15 is 0 Å². The number of benzene rings is 2. The lowest BCUT2D eigenvalue weighted by atomic mass is 9.72. The summed E-state index contributed by atoms with van der Waals surface area (Å²) in [5, 5.41) is 13.3. The molecule has 1 fully saturated rings. The zero-order chi connectivity index (χ0) is 19.8. The first kappa shape index (κ1) is 18.8. The van der Waals surface area contributed by atoms with Gasteiger partial charge in [-0.05, 0) is 29.8 Å². The fourth-order valence-corrected chi connectivity index (χ4v) is 4.56. The van der Waals surface area contributed by atoms with Gasteiger partial charge in [-0.25, -0.2) is 4.79 Å². The molecule has 6 nitrogen and oxygen atoms in total. The third-order valence-corrected chi connectivity index (χ3v) is 5.83. The summed E-state index contributed by atoms with van der Waals surface area (Å²) in [6.07, 6.45) is 0.371. The van der Waals surface area contributed by atoms with Crippen molar-refractivity contribution in [1.82, 2.24) is 4.90 Å². The number of fused-ring (bicyclic) bond motifs is 3. The maximum atomic E-state index is 13.0. The molecule has 0 unspecified atom stereocenters. The number of halogens is 1. The minimum Gasteiger partial charge on any atom is -0.394 e. The van der Waals surface area contributed by atoms with Crippen molar-refractivity contribution in [2.45, 2.75) is 31.3 Å². The quantitative estimate of drug-likeness (QED) is 0.830. The van der Waals surface area contributed by atoms with E-state index in [1.54, 1.807) is 34.1 Å². The Hall–Kier alpha value is -2.57. The van der Waals surface area contributed by atoms with E-state index in [1.165, 1.54) is 0 Å². The Kier molecular flexibility index (Phi) is 5.00. The average molecular weight is 400 g/mol. The number of nitrogens with one attached hydrogen (secondary N) is 1. The molecule has 3 atom stereocenters. The van der Waals surface area contributed by atoms with Gasteiger partial charge in [0.25, 0.3) is 0 Å². The molecule has 2 heterocycles. The number of urea groups is 1. The Bertz CT molecular complexity index is 919. The summed E-state index contributed by atoms with van der Waals surface area (Å²) >= 11 is 6.02. The Morgan fingerprint density at radius 3 is 2.71 bits per heavy atom. The lowest BCUT2D eigenvalue weighted by molar-refractivity contribution is -0.149. The highest BCUT2D eigenvalue weighted by Crippen LogP contribution is 2.48. The number of hydrogen-bond donors (Lipinski definition) is 2. The van der Waals surface area contributed by atoms with Crippen molar-refractivity contribution < 1.29 is 14.7 Å². The van der Waals surface area contributed by atoms with Crippen LogP contribution in [0.5, 0.6) is 0 Å². The topological polar surface area (TPSA) is 72.9 Å². The highest BCUT2D eigenvalue weighted by Gasteiger charge is 2.54. The third-order valence-electron chi connectivity index (χ3n) is 5.60. The van der Waals surface area contributed by atoms with Crippen LogP contribution in [0.25, 0.3) is 0 Å². The molecule has 0 spiro atoms. The van der Waals surface area contributed by atoms with Crippen LogP contribution in [-0.4, -0.2) is 47.2 Å². The van der Waals surface area contributed by atoms with E-state index < -0.39 is 0 Å². The number of anilines is 2. The number of hydrogen-bond acceptors (Lipinski definition) is 3. The number of rotatable bonds is 3. The fraction of sp³-hybridized carbons (Fsp3) is 0.333. The van der Waals surface area contributed by atoms with Crippen LogP contribution in [0.4, 0.5) is 16.2 Å². The van der Waals surface area contributed by atoms with Crippen molar-refractivity contribution in [3.8, 4) is 0 Å². The van der Waals surface area contributed by atoms with Gasteiger partial charge >= 0.3 is 6.03 Å². The molecule has 146 valence electrons.